The first-order valence-electron chi connectivity index (χ1n) is 6.33. The fraction of sp³-hybridized carbons (Fsp3) is 0.333. The highest BCUT2D eigenvalue weighted by molar-refractivity contribution is 5.58. The quantitative estimate of drug-likeness (QED) is 0.827. The zero-order chi connectivity index (χ0) is 18.1. The highest BCUT2D eigenvalue weighted by atomic mass is 19.4. The summed E-state index contributed by atoms with van der Waals surface area (Å²) in [6.45, 7) is 1.37. The Morgan fingerprint density at radius 1 is 1.25 bits per heavy atom. The molecule has 0 amide bonds. The van der Waals surface area contributed by atoms with Crippen LogP contribution in [0.25, 0.3) is 0 Å². The first-order chi connectivity index (χ1) is 11.1. The van der Waals surface area contributed by atoms with Crippen molar-refractivity contribution < 1.29 is 22.0 Å². The molecule has 0 radical (unpaired) electrons. The van der Waals surface area contributed by atoms with Crippen molar-refractivity contribution in [2.24, 2.45) is 0 Å². The number of halogens is 5. The van der Waals surface area contributed by atoms with Crippen LogP contribution in [0.1, 0.15) is 11.3 Å². The lowest BCUT2D eigenvalue weighted by atomic mass is 10.3. The number of rotatable bonds is 4. The normalized spacial score (nSPS) is 11.9. The fourth-order valence-electron chi connectivity index (χ4n) is 1.74. The maximum atomic E-state index is 13.3. The van der Waals surface area contributed by atoms with Crippen LogP contribution in [-0.2, 0) is 12.2 Å². The zero-order valence-corrected chi connectivity index (χ0v) is 12.3. The van der Waals surface area contributed by atoms with Gasteiger partial charge in [0.2, 0.25) is 5.95 Å². The van der Waals surface area contributed by atoms with Gasteiger partial charge in [0.05, 0.1) is 17.6 Å². The van der Waals surface area contributed by atoms with Crippen LogP contribution in [0.3, 0.4) is 0 Å². The van der Waals surface area contributed by atoms with E-state index in [0.29, 0.717) is 6.20 Å². The predicted molar refractivity (Wildman–Crippen MR) is 72.6 cm³/mol. The van der Waals surface area contributed by atoms with Gasteiger partial charge in [0.15, 0.2) is 6.07 Å². The average Bonchev–Trinajstić information content (AvgIpc) is 2.88. The molecule has 0 aliphatic heterocycles. The molecule has 0 unspecified atom stereocenters. The van der Waals surface area contributed by atoms with Crippen molar-refractivity contribution in [1.29, 1.82) is 5.26 Å². The Labute approximate surface area is 132 Å². The van der Waals surface area contributed by atoms with Gasteiger partial charge in [-0.25, -0.2) is 4.98 Å². The van der Waals surface area contributed by atoms with E-state index in [4.69, 9.17) is 5.26 Å². The van der Waals surface area contributed by atoms with E-state index in [2.05, 4.69) is 25.7 Å². The molecule has 24 heavy (non-hydrogen) atoms. The molecule has 0 aromatic carbocycles. The number of hydrogen-bond acceptors (Lipinski definition) is 6. The molecule has 7 nitrogen and oxygen atoms in total. The molecule has 0 saturated carbocycles. The van der Waals surface area contributed by atoms with Gasteiger partial charge in [0.25, 0.3) is 0 Å². The summed E-state index contributed by atoms with van der Waals surface area (Å²) < 4.78 is 65.0. The lowest BCUT2D eigenvalue weighted by Crippen LogP contribution is -2.21. The molecule has 2 N–H and O–H groups in total. The summed E-state index contributed by atoms with van der Waals surface area (Å²) in [5.74, 6) is -0.734. The summed E-state index contributed by atoms with van der Waals surface area (Å²) in [4.78, 5) is 7.15. The molecule has 128 valence electrons. The van der Waals surface area contributed by atoms with Crippen molar-refractivity contribution in [2.45, 2.75) is 19.1 Å². The van der Waals surface area contributed by atoms with Crippen molar-refractivity contribution in [3.05, 3.63) is 23.7 Å². The molecule has 2 rings (SSSR count). The second-order valence-corrected chi connectivity index (χ2v) is 4.55. The van der Waals surface area contributed by atoms with E-state index in [1.165, 1.54) is 14.0 Å². The molecule has 0 aliphatic carbocycles. The minimum atomic E-state index is -4.65. The third-order valence-electron chi connectivity index (χ3n) is 2.90. The predicted octanol–water partition coefficient (Wildman–Crippen LogP) is 2.86. The molecular weight excluding hydrogens is 337 g/mol. The van der Waals surface area contributed by atoms with Crippen LogP contribution in [0.2, 0.25) is 0 Å². The lowest BCUT2D eigenvalue weighted by molar-refractivity contribution is -0.137. The van der Waals surface area contributed by atoms with Crippen LogP contribution in [0.15, 0.2) is 12.4 Å². The Hall–Kier alpha value is -2.97. The van der Waals surface area contributed by atoms with Crippen LogP contribution >= 0.6 is 0 Å². The smallest absolute Gasteiger partial charge is 0.372 e. The van der Waals surface area contributed by atoms with Crippen LogP contribution < -0.4 is 10.6 Å². The van der Waals surface area contributed by atoms with Crippen LogP contribution in [0, 0.1) is 18.3 Å². The van der Waals surface area contributed by atoms with Crippen molar-refractivity contribution >= 4 is 17.5 Å². The van der Waals surface area contributed by atoms with Gasteiger partial charge in [-0.1, -0.05) is 0 Å². The van der Waals surface area contributed by atoms with Gasteiger partial charge in [0, 0.05) is 13.2 Å². The Bertz CT molecular complexity index is 790. The SMILES string of the molecule is CNc1nc(Nc2cn(C(F)(F)C#N)nc2C)ncc1C(F)(F)F. The van der Waals surface area contributed by atoms with E-state index in [1.54, 1.807) is 0 Å². The minimum absolute atomic E-state index is 0.0201. The Kier molecular flexibility index (Phi) is 4.28. The number of alkyl halides is 5. The van der Waals surface area contributed by atoms with Crippen molar-refractivity contribution in [1.82, 2.24) is 19.7 Å². The first-order valence-corrected chi connectivity index (χ1v) is 6.33. The number of nitriles is 1. The van der Waals surface area contributed by atoms with Crippen molar-refractivity contribution in [3.8, 4) is 6.07 Å². The minimum Gasteiger partial charge on any atom is -0.372 e. The molecular formula is C12H10F5N7. The Morgan fingerprint density at radius 2 is 1.92 bits per heavy atom. The van der Waals surface area contributed by atoms with Crippen LogP contribution in [0.4, 0.5) is 39.4 Å². The molecule has 2 heterocycles. The van der Waals surface area contributed by atoms with E-state index in [1.807, 2.05) is 0 Å². The summed E-state index contributed by atoms with van der Waals surface area (Å²) in [5, 5.41) is 16.6. The maximum Gasteiger partial charge on any atom is 0.433 e. The second kappa shape index (κ2) is 5.91. The maximum absolute atomic E-state index is 13.3. The highest BCUT2D eigenvalue weighted by Crippen LogP contribution is 2.34. The van der Waals surface area contributed by atoms with Gasteiger partial charge < -0.3 is 10.6 Å². The molecule has 2 aromatic heterocycles. The number of aryl methyl sites for hydroxylation is 1. The van der Waals surface area contributed by atoms with Gasteiger partial charge in [-0.05, 0) is 6.92 Å². The van der Waals surface area contributed by atoms with E-state index >= 15 is 0 Å². The third-order valence-corrected chi connectivity index (χ3v) is 2.90. The number of anilines is 3. The molecule has 0 fully saturated rings. The molecule has 12 heteroatoms. The van der Waals surface area contributed by atoms with E-state index in [-0.39, 0.29) is 22.0 Å². The fourth-order valence-corrected chi connectivity index (χ4v) is 1.74. The van der Waals surface area contributed by atoms with Gasteiger partial charge >= 0.3 is 12.2 Å². The van der Waals surface area contributed by atoms with E-state index < -0.39 is 23.6 Å². The van der Waals surface area contributed by atoms with Crippen molar-refractivity contribution in [2.75, 3.05) is 17.7 Å². The third kappa shape index (κ3) is 3.34. The number of nitrogens with one attached hydrogen (secondary N) is 2. The van der Waals surface area contributed by atoms with Crippen LogP contribution in [0.5, 0.6) is 0 Å². The van der Waals surface area contributed by atoms with Gasteiger partial charge in [-0.15, -0.1) is 0 Å². The molecule has 0 bridgehead atoms. The summed E-state index contributed by atoms with van der Waals surface area (Å²) >= 11 is 0. The van der Waals surface area contributed by atoms with Gasteiger partial charge in [-0.2, -0.15) is 42.0 Å². The summed E-state index contributed by atoms with van der Waals surface area (Å²) in [6, 6.07) is -3.08. The first kappa shape index (κ1) is 17.4. The second-order valence-electron chi connectivity index (χ2n) is 4.55. The number of nitrogens with zero attached hydrogens (tertiary/aromatic N) is 5. The summed E-state index contributed by atoms with van der Waals surface area (Å²) in [6.07, 6.45) is -3.25. The summed E-state index contributed by atoms with van der Waals surface area (Å²) in [7, 11) is 1.25. The van der Waals surface area contributed by atoms with Crippen molar-refractivity contribution in [3.63, 3.8) is 0 Å². The Morgan fingerprint density at radius 3 is 2.46 bits per heavy atom. The van der Waals surface area contributed by atoms with Gasteiger partial charge in [-0.3, -0.25) is 0 Å². The van der Waals surface area contributed by atoms with E-state index in [9.17, 15) is 22.0 Å². The lowest BCUT2D eigenvalue weighted by Gasteiger charge is -2.12. The highest BCUT2D eigenvalue weighted by Gasteiger charge is 2.35. The largest absolute Gasteiger partial charge is 0.433 e. The van der Waals surface area contributed by atoms with E-state index in [0.717, 1.165) is 12.3 Å². The Balaban J connectivity index is 2.35. The standard InChI is InChI=1S/C12H10F5N7/c1-6-8(4-24(23-6)11(13,14)5-18)21-10-20-3-7(12(15,16)17)9(19-2)22-10/h3-4H,1-2H3,(H2,19,20,21,22). The average molecular weight is 347 g/mol. The molecule has 0 aliphatic rings. The van der Waals surface area contributed by atoms with Crippen LogP contribution in [-0.4, -0.2) is 26.8 Å². The number of hydrogen-bond donors (Lipinski definition) is 2. The monoisotopic (exact) mass is 347 g/mol. The van der Waals surface area contributed by atoms with Gasteiger partial charge in [0.1, 0.15) is 11.4 Å². The number of aromatic nitrogens is 4. The molecule has 2 aromatic rings. The molecule has 0 atom stereocenters. The molecule has 0 spiro atoms. The summed E-state index contributed by atoms with van der Waals surface area (Å²) in [5.41, 5.74) is -0.967. The topological polar surface area (TPSA) is 91.5 Å². The zero-order valence-electron chi connectivity index (χ0n) is 12.3. The molecule has 0 saturated heterocycles.